The van der Waals surface area contributed by atoms with Crippen molar-refractivity contribution in [3.8, 4) is 0 Å². The number of urea groups is 1. The van der Waals surface area contributed by atoms with Crippen molar-refractivity contribution in [2.24, 2.45) is 0 Å². The van der Waals surface area contributed by atoms with Crippen molar-refractivity contribution in [2.75, 3.05) is 33.2 Å². The lowest BCUT2D eigenvalue weighted by Crippen LogP contribution is -2.48. The van der Waals surface area contributed by atoms with Gasteiger partial charge in [-0.1, -0.05) is 6.42 Å². The monoisotopic (exact) mass is 254 g/mol. The lowest BCUT2D eigenvalue weighted by Gasteiger charge is -2.32. The predicted octanol–water partition coefficient (Wildman–Crippen LogP) is 0.522. The molecule has 0 aliphatic carbocycles. The average Bonchev–Trinajstić information content (AvgIpc) is 2.88. The molecule has 2 heterocycles. The number of carbonyl (C=O) groups is 1. The number of nitrogens with one attached hydrogen (secondary N) is 3. The van der Waals surface area contributed by atoms with Crippen molar-refractivity contribution in [3.63, 3.8) is 0 Å². The predicted molar refractivity (Wildman–Crippen MR) is 72.7 cm³/mol. The fraction of sp³-hybridized carbons (Fsp3) is 0.923. The van der Waals surface area contributed by atoms with Crippen LogP contribution in [-0.2, 0) is 0 Å². The molecule has 5 heteroatoms. The summed E-state index contributed by atoms with van der Waals surface area (Å²) in [5, 5.41) is 9.31. The molecule has 0 bridgehead atoms. The van der Waals surface area contributed by atoms with Gasteiger partial charge in [0.2, 0.25) is 0 Å². The van der Waals surface area contributed by atoms with E-state index in [0.717, 1.165) is 26.2 Å². The topological polar surface area (TPSA) is 56.4 Å². The molecule has 3 N–H and O–H groups in total. The van der Waals surface area contributed by atoms with E-state index in [-0.39, 0.29) is 6.03 Å². The van der Waals surface area contributed by atoms with Gasteiger partial charge in [-0.3, -0.25) is 0 Å². The molecule has 2 unspecified atom stereocenters. The maximum absolute atomic E-state index is 11.7. The molecule has 2 aliphatic rings. The minimum atomic E-state index is -0.0253. The van der Waals surface area contributed by atoms with Gasteiger partial charge in [0, 0.05) is 25.2 Å². The summed E-state index contributed by atoms with van der Waals surface area (Å²) in [4.78, 5) is 14.0. The van der Waals surface area contributed by atoms with Crippen LogP contribution in [0.4, 0.5) is 4.79 Å². The van der Waals surface area contributed by atoms with Crippen LogP contribution >= 0.6 is 0 Å². The molecule has 0 aromatic carbocycles. The third-order valence-corrected chi connectivity index (χ3v) is 4.09. The van der Waals surface area contributed by atoms with Gasteiger partial charge in [-0.05, 0) is 45.8 Å². The first-order chi connectivity index (χ1) is 8.75. The molecule has 2 fully saturated rings. The molecule has 0 aromatic rings. The summed E-state index contributed by atoms with van der Waals surface area (Å²) < 4.78 is 0. The Morgan fingerprint density at radius 1 is 1.22 bits per heavy atom. The molecule has 2 aliphatic heterocycles. The summed E-state index contributed by atoms with van der Waals surface area (Å²) in [5.74, 6) is 0. The number of rotatable bonds is 4. The van der Waals surface area contributed by atoms with Gasteiger partial charge in [0.05, 0.1) is 0 Å². The van der Waals surface area contributed by atoms with E-state index in [9.17, 15) is 4.79 Å². The number of hydrogen-bond donors (Lipinski definition) is 3. The van der Waals surface area contributed by atoms with Gasteiger partial charge in [-0.2, -0.15) is 0 Å². The molecular formula is C13H26N4O. The van der Waals surface area contributed by atoms with Crippen LogP contribution in [0.15, 0.2) is 0 Å². The van der Waals surface area contributed by atoms with Crippen LogP contribution in [-0.4, -0.2) is 56.2 Å². The molecule has 2 saturated heterocycles. The zero-order valence-corrected chi connectivity index (χ0v) is 11.4. The van der Waals surface area contributed by atoms with Gasteiger partial charge < -0.3 is 20.9 Å². The minimum Gasteiger partial charge on any atom is -0.337 e. The summed E-state index contributed by atoms with van der Waals surface area (Å²) in [6.07, 6.45) is 6.16. The second-order valence-corrected chi connectivity index (χ2v) is 5.51. The molecule has 2 atom stereocenters. The van der Waals surface area contributed by atoms with Gasteiger partial charge in [-0.15, -0.1) is 0 Å². The van der Waals surface area contributed by atoms with E-state index < -0.39 is 0 Å². The molecular weight excluding hydrogens is 228 g/mol. The zero-order chi connectivity index (χ0) is 12.8. The van der Waals surface area contributed by atoms with E-state index in [1.54, 1.807) is 0 Å². The second-order valence-electron chi connectivity index (χ2n) is 5.51. The molecule has 0 aromatic heterocycles. The molecule has 2 amide bonds. The van der Waals surface area contributed by atoms with E-state index in [4.69, 9.17) is 0 Å². The van der Waals surface area contributed by atoms with Gasteiger partial charge in [0.25, 0.3) is 0 Å². The fourth-order valence-corrected chi connectivity index (χ4v) is 2.82. The van der Waals surface area contributed by atoms with Crippen LogP contribution in [0.5, 0.6) is 0 Å². The van der Waals surface area contributed by atoms with Crippen molar-refractivity contribution >= 4 is 6.03 Å². The quantitative estimate of drug-likeness (QED) is 0.685. The Bertz CT molecular complexity index is 266. The number of carbonyl (C=O) groups excluding carboxylic acids is 1. The SMILES string of the molecule is CN1CCCCC1CNC(=O)NCC1CCCN1. The van der Waals surface area contributed by atoms with E-state index in [0.29, 0.717) is 12.1 Å². The Morgan fingerprint density at radius 2 is 2.06 bits per heavy atom. The smallest absolute Gasteiger partial charge is 0.314 e. The Labute approximate surface area is 110 Å². The maximum atomic E-state index is 11.7. The third-order valence-electron chi connectivity index (χ3n) is 4.09. The van der Waals surface area contributed by atoms with Gasteiger partial charge in [0.15, 0.2) is 0 Å². The first kappa shape index (κ1) is 13.6. The van der Waals surface area contributed by atoms with Crippen LogP contribution in [0, 0.1) is 0 Å². The van der Waals surface area contributed by atoms with Crippen LogP contribution in [0.2, 0.25) is 0 Å². The highest BCUT2D eigenvalue weighted by atomic mass is 16.2. The van der Waals surface area contributed by atoms with Gasteiger partial charge in [0.1, 0.15) is 0 Å². The lowest BCUT2D eigenvalue weighted by atomic mass is 10.0. The van der Waals surface area contributed by atoms with Crippen molar-refractivity contribution in [1.29, 1.82) is 0 Å². The summed E-state index contributed by atoms with van der Waals surface area (Å²) >= 11 is 0. The maximum Gasteiger partial charge on any atom is 0.314 e. The average molecular weight is 254 g/mol. The normalized spacial score (nSPS) is 29.2. The number of nitrogens with zero attached hydrogens (tertiary/aromatic N) is 1. The van der Waals surface area contributed by atoms with Gasteiger partial charge in [-0.25, -0.2) is 4.79 Å². The van der Waals surface area contributed by atoms with Gasteiger partial charge >= 0.3 is 6.03 Å². The molecule has 0 saturated carbocycles. The summed E-state index contributed by atoms with van der Waals surface area (Å²) in [6.45, 7) is 3.74. The Hall–Kier alpha value is -0.810. The number of amides is 2. The Morgan fingerprint density at radius 3 is 2.78 bits per heavy atom. The Balaban J connectivity index is 1.58. The highest BCUT2D eigenvalue weighted by Gasteiger charge is 2.19. The number of piperidine rings is 1. The minimum absolute atomic E-state index is 0.0253. The highest BCUT2D eigenvalue weighted by Crippen LogP contribution is 2.13. The number of hydrogen-bond acceptors (Lipinski definition) is 3. The molecule has 2 rings (SSSR count). The number of likely N-dealkylation sites (tertiary alicyclic amines) is 1. The molecule has 18 heavy (non-hydrogen) atoms. The molecule has 104 valence electrons. The van der Waals surface area contributed by atoms with Crippen LogP contribution in [0.3, 0.4) is 0 Å². The third kappa shape index (κ3) is 4.14. The van der Waals surface area contributed by atoms with Crippen molar-refractivity contribution in [1.82, 2.24) is 20.9 Å². The summed E-state index contributed by atoms with van der Waals surface area (Å²) in [5.41, 5.74) is 0. The standard InChI is InChI=1S/C13H26N4O/c1-17-8-3-2-6-12(17)10-16-13(18)15-9-11-5-4-7-14-11/h11-12,14H,2-10H2,1H3,(H2,15,16,18). The first-order valence-corrected chi connectivity index (χ1v) is 7.21. The van der Waals surface area contributed by atoms with E-state index >= 15 is 0 Å². The molecule has 0 radical (unpaired) electrons. The zero-order valence-electron chi connectivity index (χ0n) is 11.4. The van der Waals surface area contributed by atoms with Crippen LogP contribution < -0.4 is 16.0 Å². The molecule has 5 nitrogen and oxygen atoms in total. The van der Waals surface area contributed by atoms with Crippen LogP contribution in [0.1, 0.15) is 32.1 Å². The molecule has 0 spiro atoms. The lowest BCUT2D eigenvalue weighted by molar-refractivity contribution is 0.180. The Kier molecular flexibility index (Phi) is 5.26. The van der Waals surface area contributed by atoms with Crippen molar-refractivity contribution in [3.05, 3.63) is 0 Å². The van der Waals surface area contributed by atoms with Crippen molar-refractivity contribution in [2.45, 2.75) is 44.2 Å². The van der Waals surface area contributed by atoms with E-state index in [1.165, 1.54) is 32.1 Å². The second kappa shape index (κ2) is 6.95. The summed E-state index contributed by atoms with van der Waals surface area (Å²) in [6, 6.07) is 0.949. The highest BCUT2D eigenvalue weighted by molar-refractivity contribution is 5.73. The summed E-state index contributed by atoms with van der Waals surface area (Å²) in [7, 11) is 2.14. The largest absolute Gasteiger partial charge is 0.337 e. The van der Waals surface area contributed by atoms with Crippen molar-refractivity contribution < 1.29 is 4.79 Å². The first-order valence-electron chi connectivity index (χ1n) is 7.21. The van der Waals surface area contributed by atoms with E-state index in [1.807, 2.05) is 0 Å². The van der Waals surface area contributed by atoms with E-state index in [2.05, 4.69) is 27.9 Å². The number of likely N-dealkylation sites (N-methyl/N-ethyl adjacent to an activating group) is 1. The fourth-order valence-electron chi connectivity index (χ4n) is 2.82. The van der Waals surface area contributed by atoms with Crippen LogP contribution in [0.25, 0.3) is 0 Å².